The minimum absolute atomic E-state index is 0.0357. The molecule has 73 heavy (non-hydrogen) atoms. The highest BCUT2D eigenvalue weighted by molar-refractivity contribution is 7.99. The zero-order chi connectivity index (χ0) is 52.6. The van der Waals surface area contributed by atoms with Gasteiger partial charge in [-0.2, -0.15) is 0 Å². The number of ether oxygens (including phenoxy) is 1. The van der Waals surface area contributed by atoms with Crippen LogP contribution in [0.5, 0.6) is 0 Å². The van der Waals surface area contributed by atoms with Gasteiger partial charge < -0.3 is 40.6 Å². The summed E-state index contributed by atoms with van der Waals surface area (Å²) in [6.07, 6.45) is 8.94. The summed E-state index contributed by atoms with van der Waals surface area (Å²) >= 11 is 1.57. The van der Waals surface area contributed by atoms with E-state index in [0.717, 1.165) is 66.6 Å². The Balaban J connectivity index is 1.01. The molecule has 19 nitrogen and oxygen atoms in total. The van der Waals surface area contributed by atoms with Crippen molar-refractivity contribution in [1.82, 2.24) is 40.4 Å². The summed E-state index contributed by atoms with van der Waals surface area (Å²) in [4.78, 5) is 97.1. The number of hydrogen-bond acceptors (Lipinski definition) is 15. The van der Waals surface area contributed by atoms with E-state index in [9.17, 15) is 42.3 Å². The van der Waals surface area contributed by atoms with E-state index in [-0.39, 0.29) is 66.2 Å². The molecular weight excluding hydrogens is 975 g/mol. The van der Waals surface area contributed by atoms with Gasteiger partial charge in [0.15, 0.2) is 5.60 Å². The van der Waals surface area contributed by atoms with E-state index in [4.69, 9.17) is 9.72 Å². The van der Waals surface area contributed by atoms with Crippen molar-refractivity contribution < 1.29 is 42.2 Å². The van der Waals surface area contributed by atoms with Crippen LogP contribution >= 0.6 is 11.8 Å². The molecule has 4 aromatic rings. The third-order valence-electron chi connectivity index (χ3n) is 13.3. The van der Waals surface area contributed by atoms with Crippen LogP contribution < -0.4 is 26.8 Å². The molecule has 3 aliphatic rings. The van der Waals surface area contributed by atoms with E-state index in [2.05, 4.69) is 61.8 Å². The third kappa shape index (κ3) is 12.4. The van der Waals surface area contributed by atoms with Crippen LogP contribution in [-0.2, 0) is 63.7 Å². The van der Waals surface area contributed by atoms with E-state index in [1.54, 1.807) is 55.3 Å². The predicted octanol–water partition coefficient (Wildman–Crippen LogP) is 4.12. The number of rotatable bonds is 22. The number of fused-ring (bicyclic) bond motifs is 5. The summed E-state index contributed by atoms with van der Waals surface area (Å²) in [7, 11) is -3.54. The first-order valence-corrected chi connectivity index (χ1v) is 27.9. The van der Waals surface area contributed by atoms with Gasteiger partial charge >= 0.3 is 5.97 Å². The first kappa shape index (κ1) is 54.6. The lowest BCUT2D eigenvalue weighted by molar-refractivity contribution is -0.172. The molecule has 0 aliphatic carbocycles. The average Bonchev–Trinajstić information content (AvgIpc) is 3.74. The molecule has 0 fully saturated rings. The van der Waals surface area contributed by atoms with Gasteiger partial charge in [0.25, 0.3) is 5.56 Å². The van der Waals surface area contributed by atoms with Crippen LogP contribution in [0.2, 0.25) is 0 Å². The molecule has 0 saturated heterocycles. The number of aliphatic hydroxyl groups is 1. The fraction of sp³-hybridized carbons (Fsp3) is 0.519. The molecule has 3 atom stereocenters. The number of aryl methyl sites for hydroxylation is 1. The van der Waals surface area contributed by atoms with Crippen LogP contribution in [0.1, 0.15) is 120 Å². The first-order chi connectivity index (χ1) is 34.9. The van der Waals surface area contributed by atoms with E-state index >= 15 is 0 Å². The largest absolute Gasteiger partial charge is 0.458 e. The monoisotopic (exact) mass is 1040 g/mol. The number of anilines is 1. The second kappa shape index (κ2) is 23.8. The Labute approximate surface area is 429 Å². The number of amides is 4. The van der Waals surface area contributed by atoms with Crippen LogP contribution in [0.3, 0.4) is 0 Å². The van der Waals surface area contributed by atoms with Crippen molar-refractivity contribution in [2.75, 3.05) is 43.5 Å². The maximum atomic E-state index is 14.0. The number of benzene rings is 1. The number of carbonyl (C=O) groups is 5. The number of unbranched alkanes of at least 4 members (excludes halogenated alkanes) is 2. The molecule has 0 bridgehead atoms. The number of pyridine rings is 2. The van der Waals surface area contributed by atoms with Crippen molar-refractivity contribution >= 4 is 67.8 Å². The molecule has 4 amide bonds. The van der Waals surface area contributed by atoms with Gasteiger partial charge in [0, 0.05) is 58.7 Å². The van der Waals surface area contributed by atoms with E-state index in [1.165, 1.54) is 12.4 Å². The summed E-state index contributed by atoms with van der Waals surface area (Å²) in [6.45, 7) is 11.9. The quantitative estimate of drug-likeness (QED) is 0.0283. The second-order valence-electron chi connectivity index (χ2n) is 19.1. The highest BCUT2D eigenvalue weighted by atomic mass is 32.2. The molecule has 0 unspecified atom stereocenters. The zero-order valence-corrected chi connectivity index (χ0v) is 43.9. The van der Waals surface area contributed by atoms with E-state index in [0.29, 0.717) is 66.0 Å². The molecular formula is C52H65N9O10S2. The Morgan fingerprint density at radius 1 is 0.959 bits per heavy atom. The number of hydrogen-bond donors (Lipinski definition) is 5. The molecule has 390 valence electrons. The summed E-state index contributed by atoms with van der Waals surface area (Å²) in [5.41, 5.74) is 2.82. The highest BCUT2D eigenvalue weighted by Crippen LogP contribution is 2.46. The van der Waals surface area contributed by atoms with Crippen molar-refractivity contribution in [1.29, 1.82) is 0 Å². The van der Waals surface area contributed by atoms with Crippen LogP contribution in [0, 0.1) is 17.8 Å². The van der Waals surface area contributed by atoms with Gasteiger partial charge in [-0.25, -0.2) is 28.2 Å². The Bertz CT molecular complexity index is 3020. The highest BCUT2D eigenvalue weighted by Gasteiger charge is 2.45. The lowest BCUT2D eigenvalue weighted by Gasteiger charge is -2.31. The average molecular weight is 1040 g/mol. The molecule has 1 aromatic carbocycles. The fourth-order valence-electron chi connectivity index (χ4n) is 9.53. The molecule has 3 aromatic heterocycles. The van der Waals surface area contributed by atoms with Gasteiger partial charge in [-0.05, 0) is 101 Å². The molecule has 21 heteroatoms. The first-order valence-electron chi connectivity index (χ1n) is 25.1. The van der Waals surface area contributed by atoms with E-state index in [1.807, 2.05) is 0 Å². The zero-order valence-electron chi connectivity index (χ0n) is 42.3. The Kier molecular flexibility index (Phi) is 17.8. The molecule has 3 aliphatic heterocycles. The number of sulfone groups is 1. The number of esters is 1. The molecule has 0 radical (unpaired) electrons. The van der Waals surface area contributed by atoms with Crippen molar-refractivity contribution in [2.24, 2.45) is 5.92 Å². The molecule has 5 N–H and O–H groups in total. The van der Waals surface area contributed by atoms with Gasteiger partial charge in [-0.1, -0.05) is 46.5 Å². The number of nitrogens with one attached hydrogen (secondary N) is 4. The maximum absolute atomic E-state index is 14.0. The summed E-state index contributed by atoms with van der Waals surface area (Å²) in [5, 5.41) is 23.3. The second-order valence-corrected chi connectivity index (χ2v) is 22.1. The number of carbonyl (C=O) groups excluding carboxylic acids is 5. The van der Waals surface area contributed by atoms with Crippen LogP contribution in [0.4, 0.5) is 5.69 Å². The lowest BCUT2D eigenvalue weighted by atomic mass is 9.86. The standard InChI is InChI=1S/C52H65N9O10S2/c1-7-21-60(22-8-2)23-14-13-16-39(58-48(65)44(31(4)5)59-41(62)17-12-10-11-15-32-26-54-51(55-27-32)73(6,69)70)47(64)53-28-42(63)56-38-19-18-37-43-33(20-24-72-46(38)43)34-29-61-40(45(34)57-37)25-36-35(49(61)66)30-71-50(67)52(36,68)9-3/h18-19,25-27,31,39,44,68H,7-10,12-14,16-17,20-24,28-30H2,1-6H3,(H,53,64)(H,56,63)(H,58,65)(H,59,62)/t39-,44-,52-/m0/s1. The summed E-state index contributed by atoms with van der Waals surface area (Å²) < 4.78 is 30.1. The van der Waals surface area contributed by atoms with Gasteiger partial charge in [-0.15, -0.1) is 11.8 Å². The van der Waals surface area contributed by atoms with Gasteiger partial charge in [0.05, 0.1) is 46.8 Å². The Hall–Kier alpha value is -6.21. The summed E-state index contributed by atoms with van der Waals surface area (Å²) in [6, 6.07) is 3.32. The number of nitrogens with zero attached hydrogens (tertiary/aromatic N) is 5. The van der Waals surface area contributed by atoms with Crippen LogP contribution in [-0.4, -0.2) is 118 Å². The molecule has 6 heterocycles. The van der Waals surface area contributed by atoms with Gasteiger partial charge in [0.1, 0.15) is 18.7 Å². The topological polar surface area (TPSA) is 261 Å². The summed E-state index contributed by atoms with van der Waals surface area (Å²) in [5.74, 6) is 3.46. The minimum atomic E-state index is -3.54. The number of thioether (sulfide) groups is 1. The Morgan fingerprint density at radius 2 is 1.70 bits per heavy atom. The lowest BCUT2D eigenvalue weighted by Crippen LogP contribution is -2.55. The molecule has 0 spiro atoms. The molecule has 0 saturated carbocycles. The van der Waals surface area contributed by atoms with Crippen LogP contribution in [0.25, 0.3) is 22.3 Å². The van der Waals surface area contributed by atoms with Gasteiger partial charge in [-0.3, -0.25) is 24.0 Å². The fourth-order valence-corrected chi connectivity index (χ4v) is 11.2. The minimum Gasteiger partial charge on any atom is -0.458 e. The predicted molar refractivity (Wildman–Crippen MR) is 276 cm³/mol. The van der Waals surface area contributed by atoms with Crippen molar-refractivity contribution in [3.05, 3.63) is 68.8 Å². The normalized spacial score (nSPS) is 16.4. The third-order valence-corrected chi connectivity index (χ3v) is 15.3. The number of cyclic esters (lactones) is 1. The van der Waals surface area contributed by atoms with Crippen LogP contribution in [0.15, 0.2) is 45.4 Å². The SMILES string of the molecule is CCCN(CCC)CCCC[C@H](NC(=O)[C@@H](NC(=O)CCCC#Cc1cnc(S(C)(=O)=O)nc1)C(C)C)C(=O)NCC(=O)Nc1ccc2nc3c(c4c2c1SCC4)Cn1c-3cc2c(c1=O)COC(=O)[C@]2(O)CC. The number of aromatic nitrogens is 4. The van der Waals surface area contributed by atoms with E-state index < -0.39 is 51.2 Å². The van der Waals surface area contributed by atoms with Crippen molar-refractivity contribution in [2.45, 2.75) is 140 Å². The van der Waals surface area contributed by atoms with Gasteiger partial charge in [0.2, 0.25) is 38.6 Å². The Morgan fingerprint density at radius 3 is 2.38 bits per heavy atom. The van der Waals surface area contributed by atoms with Crippen molar-refractivity contribution in [3.8, 4) is 23.2 Å². The van der Waals surface area contributed by atoms with Crippen molar-refractivity contribution in [3.63, 3.8) is 0 Å². The maximum Gasteiger partial charge on any atom is 0.343 e. The smallest absolute Gasteiger partial charge is 0.343 e. The molecule has 7 rings (SSSR count).